The van der Waals surface area contributed by atoms with Crippen molar-refractivity contribution in [3.63, 3.8) is 0 Å². The number of hydrogen-bond donors (Lipinski definition) is 2. The molecule has 0 spiro atoms. The standard InChI is InChI=1S/C20H23BrN4O4/c21-14-2-3-17-15(12-14)16(13-25(17)7-4-18(26)27)19(20(28)29)24-10-8-23(9-11-24)6-1-5-22/h2-3,12-13,19H,1,4,6-11H2,(H,26,27)(H,28,29). The van der Waals surface area contributed by atoms with E-state index in [-0.39, 0.29) is 13.0 Å². The van der Waals surface area contributed by atoms with Gasteiger partial charge in [0.2, 0.25) is 0 Å². The number of piperazine rings is 1. The summed E-state index contributed by atoms with van der Waals surface area (Å²) in [5.41, 5.74) is 1.49. The third-order valence-corrected chi connectivity index (χ3v) is 5.77. The summed E-state index contributed by atoms with van der Waals surface area (Å²) in [6, 6.07) is 6.97. The fourth-order valence-electron chi connectivity index (χ4n) is 3.86. The van der Waals surface area contributed by atoms with Crippen LogP contribution in [-0.4, -0.2) is 69.2 Å². The number of fused-ring (bicyclic) bond motifs is 1. The summed E-state index contributed by atoms with van der Waals surface area (Å²) in [6.07, 6.45) is 2.21. The van der Waals surface area contributed by atoms with Crippen LogP contribution in [0.25, 0.3) is 10.9 Å². The molecule has 8 nitrogen and oxygen atoms in total. The quantitative estimate of drug-likeness (QED) is 0.619. The molecule has 1 aliphatic rings. The molecule has 1 fully saturated rings. The number of benzene rings is 1. The molecule has 0 saturated carbocycles. The molecule has 1 aliphatic heterocycles. The molecule has 1 aromatic carbocycles. The Morgan fingerprint density at radius 3 is 2.52 bits per heavy atom. The van der Waals surface area contributed by atoms with Crippen LogP contribution >= 0.6 is 15.9 Å². The van der Waals surface area contributed by atoms with Gasteiger partial charge in [0.1, 0.15) is 6.04 Å². The van der Waals surface area contributed by atoms with Gasteiger partial charge in [-0.2, -0.15) is 5.26 Å². The van der Waals surface area contributed by atoms with Crippen LogP contribution in [0.3, 0.4) is 0 Å². The van der Waals surface area contributed by atoms with E-state index >= 15 is 0 Å². The van der Waals surface area contributed by atoms with Crippen LogP contribution in [0.15, 0.2) is 28.9 Å². The van der Waals surface area contributed by atoms with Gasteiger partial charge < -0.3 is 14.8 Å². The van der Waals surface area contributed by atoms with Gasteiger partial charge in [0.15, 0.2) is 0 Å². The van der Waals surface area contributed by atoms with Gasteiger partial charge in [0.05, 0.1) is 12.5 Å². The smallest absolute Gasteiger partial charge is 0.325 e. The molecule has 2 aromatic rings. The maximum absolute atomic E-state index is 12.2. The highest BCUT2D eigenvalue weighted by Gasteiger charge is 2.32. The molecule has 29 heavy (non-hydrogen) atoms. The molecule has 9 heteroatoms. The molecule has 2 heterocycles. The van der Waals surface area contributed by atoms with Gasteiger partial charge in [-0.15, -0.1) is 0 Å². The molecule has 0 radical (unpaired) electrons. The fourth-order valence-corrected chi connectivity index (χ4v) is 4.22. The van der Waals surface area contributed by atoms with E-state index in [2.05, 4.69) is 26.9 Å². The third kappa shape index (κ3) is 4.96. The van der Waals surface area contributed by atoms with E-state index in [1.807, 2.05) is 27.7 Å². The lowest BCUT2D eigenvalue weighted by Gasteiger charge is -2.37. The first-order chi connectivity index (χ1) is 13.9. The third-order valence-electron chi connectivity index (χ3n) is 5.28. The SMILES string of the molecule is N#CCCN1CCN(C(C(=O)O)c2cn(CCC(=O)O)c3ccc(Br)cc23)CC1. The maximum atomic E-state index is 12.2. The van der Waals surface area contributed by atoms with Crippen molar-refractivity contribution in [1.82, 2.24) is 14.4 Å². The van der Waals surface area contributed by atoms with Crippen molar-refractivity contribution in [2.24, 2.45) is 0 Å². The van der Waals surface area contributed by atoms with E-state index in [1.165, 1.54) is 0 Å². The minimum absolute atomic E-state index is 0.0331. The van der Waals surface area contributed by atoms with Gasteiger partial charge in [-0.1, -0.05) is 15.9 Å². The number of halogens is 1. The Labute approximate surface area is 177 Å². The maximum Gasteiger partial charge on any atom is 0.325 e. The molecule has 0 aliphatic carbocycles. The van der Waals surface area contributed by atoms with Crippen LogP contribution in [0.2, 0.25) is 0 Å². The lowest BCUT2D eigenvalue weighted by atomic mass is 10.0. The molecule has 3 rings (SSSR count). The zero-order valence-electron chi connectivity index (χ0n) is 15.9. The number of nitriles is 1. The van der Waals surface area contributed by atoms with Crippen LogP contribution in [0.1, 0.15) is 24.4 Å². The van der Waals surface area contributed by atoms with Crippen molar-refractivity contribution in [3.05, 3.63) is 34.4 Å². The van der Waals surface area contributed by atoms with Gasteiger partial charge in [0, 0.05) is 72.8 Å². The van der Waals surface area contributed by atoms with Crippen LogP contribution in [0.5, 0.6) is 0 Å². The summed E-state index contributed by atoms with van der Waals surface area (Å²) >= 11 is 3.45. The Hall–Kier alpha value is -2.41. The average Bonchev–Trinajstić information content (AvgIpc) is 3.03. The molecule has 0 bridgehead atoms. The number of aliphatic carboxylic acids is 2. The van der Waals surface area contributed by atoms with Crippen molar-refractivity contribution in [2.45, 2.75) is 25.4 Å². The van der Waals surface area contributed by atoms with Gasteiger partial charge in [-0.05, 0) is 18.2 Å². The summed E-state index contributed by atoms with van der Waals surface area (Å²) < 4.78 is 2.66. The Balaban J connectivity index is 1.91. The van der Waals surface area contributed by atoms with Gasteiger partial charge in [-0.3, -0.25) is 19.4 Å². The number of carbonyl (C=O) groups is 2. The second-order valence-corrected chi connectivity index (χ2v) is 8.03. The molecule has 0 amide bonds. The van der Waals surface area contributed by atoms with E-state index in [0.717, 1.165) is 15.4 Å². The highest BCUT2D eigenvalue weighted by molar-refractivity contribution is 9.10. The lowest BCUT2D eigenvalue weighted by molar-refractivity contribution is -0.144. The number of carboxylic acid groups (broad SMARTS) is 2. The van der Waals surface area contributed by atoms with E-state index in [0.29, 0.717) is 44.7 Å². The first kappa shape index (κ1) is 21.3. The monoisotopic (exact) mass is 462 g/mol. The number of aryl methyl sites for hydroxylation is 1. The Morgan fingerprint density at radius 1 is 1.17 bits per heavy atom. The Bertz CT molecular complexity index is 944. The second-order valence-electron chi connectivity index (χ2n) is 7.11. The number of hydrogen-bond acceptors (Lipinski definition) is 5. The second kappa shape index (κ2) is 9.39. The molecular weight excluding hydrogens is 440 g/mol. The van der Waals surface area contributed by atoms with Gasteiger partial charge in [0.25, 0.3) is 0 Å². The van der Waals surface area contributed by atoms with Crippen LogP contribution < -0.4 is 0 Å². The van der Waals surface area contributed by atoms with Crippen molar-refractivity contribution in [1.29, 1.82) is 5.26 Å². The minimum Gasteiger partial charge on any atom is -0.481 e. The first-order valence-electron chi connectivity index (χ1n) is 9.47. The van der Waals surface area contributed by atoms with Gasteiger partial charge >= 0.3 is 11.9 Å². The zero-order valence-corrected chi connectivity index (χ0v) is 17.5. The minimum atomic E-state index is -0.923. The zero-order chi connectivity index (χ0) is 21.0. The molecule has 1 atom stereocenters. The summed E-state index contributed by atoms with van der Waals surface area (Å²) in [4.78, 5) is 27.4. The largest absolute Gasteiger partial charge is 0.481 e. The van der Waals surface area contributed by atoms with Crippen molar-refractivity contribution < 1.29 is 19.8 Å². The highest BCUT2D eigenvalue weighted by Crippen LogP contribution is 2.33. The van der Waals surface area contributed by atoms with Crippen LogP contribution in [-0.2, 0) is 16.1 Å². The van der Waals surface area contributed by atoms with E-state index in [4.69, 9.17) is 10.4 Å². The predicted octanol–water partition coefficient (Wildman–Crippen LogP) is 2.54. The molecule has 2 N–H and O–H groups in total. The molecule has 154 valence electrons. The average molecular weight is 463 g/mol. The molecule has 1 unspecified atom stereocenters. The highest BCUT2D eigenvalue weighted by atomic mass is 79.9. The number of carboxylic acids is 2. The predicted molar refractivity (Wildman–Crippen MR) is 111 cm³/mol. The van der Waals surface area contributed by atoms with E-state index in [1.54, 1.807) is 6.20 Å². The summed E-state index contributed by atoms with van der Waals surface area (Å²) in [5.74, 6) is -1.82. The lowest BCUT2D eigenvalue weighted by Crippen LogP contribution is -2.49. The molecule has 1 aromatic heterocycles. The number of rotatable bonds is 8. The van der Waals surface area contributed by atoms with E-state index in [9.17, 15) is 14.7 Å². The fraction of sp³-hybridized carbons (Fsp3) is 0.450. The first-order valence-corrected chi connectivity index (χ1v) is 10.3. The summed E-state index contributed by atoms with van der Waals surface area (Å²) in [6.45, 7) is 3.60. The van der Waals surface area contributed by atoms with Crippen LogP contribution in [0, 0.1) is 11.3 Å². The summed E-state index contributed by atoms with van der Waals surface area (Å²) in [5, 5.41) is 28.6. The van der Waals surface area contributed by atoms with Crippen LogP contribution in [0.4, 0.5) is 0 Å². The van der Waals surface area contributed by atoms with Gasteiger partial charge in [-0.25, -0.2) is 0 Å². The number of aromatic nitrogens is 1. The van der Waals surface area contributed by atoms with Crippen molar-refractivity contribution in [2.75, 3.05) is 32.7 Å². The van der Waals surface area contributed by atoms with Crippen molar-refractivity contribution >= 4 is 38.8 Å². The normalized spacial score (nSPS) is 16.6. The summed E-state index contributed by atoms with van der Waals surface area (Å²) in [7, 11) is 0. The number of nitrogens with zero attached hydrogens (tertiary/aromatic N) is 4. The Morgan fingerprint density at radius 2 is 1.90 bits per heavy atom. The van der Waals surface area contributed by atoms with E-state index < -0.39 is 18.0 Å². The molecular formula is C20H23BrN4O4. The molecule has 1 saturated heterocycles. The van der Waals surface area contributed by atoms with Crippen molar-refractivity contribution in [3.8, 4) is 6.07 Å². The topological polar surface area (TPSA) is 110 Å². The Kier molecular flexibility index (Phi) is 6.90.